The van der Waals surface area contributed by atoms with Crippen molar-refractivity contribution in [2.75, 3.05) is 0 Å². The van der Waals surface area contributed by atoms with Gasteiger partial charge in [-0.15, -0.1) is 0 Å². The SMILES string of the molecule is O=C1[C@@H](OCc2ccccc2)[C@@H](O)C(O)[C@H](O)[C@H]1OCc1ccccc1. The molecular weight excluding hydrogens is 336 g/mol. The second-order valence-electron chi connectivity index (χ2n) is 6.31. The second-order valence-corrected chi connectivity index (χ2v) is 6.31. The Morgan fingerprint density at radius 3 is 1.42 bits per heavy atom. The summed E-state index contributed by atoms with van der Waals surface area (Å²) >= 11 is 0. The van der Waals surface area contributed by atoms with Crippen LogP contribution in [0.1, 0.15) is 11.1 Å². The topological polar surface area (TPSA) is 96.2 Å². The summed E-state index contributed by atoms with van der Waals surface area (Å²) in [5.41, 5.74) is 1.66. The molecule has 0 radical (unpaired) electrons. The number of carbonyl (C=O) groups is 1. The maximum absolute atomic E-state index is 12.7. The zero-order valence-electron chi connectivity index (χ0n) is 14.1. The molecule has 6 heteroatoms. The number of ether oxygens (including phenoxy) is 2. The largest absolute Gasteiger partial charge is 0.387 e. The minimum absolute atomic E-state index is 0.0997. The second kappa shape index (κ2) is 8.53. The first kappa shape index (κ1) is 18.7. The van der Waals surface area contributed by atoms with E-state index in [0.29, 0.717) is 0 Å². The van der Waals surface area contributed by atoms with Gasteiger partial charge < -0.3 is 24.8 Å². The number of hydrogen-bond donors (Lipinski definition) is 3. The van der Waals surface area contributed by atoms with Crippen molar-refractivity contribution >= 4 is 5.78 Å². The standard InChI is InChI=1S/C20H22O6/c21-15-16(22)19(25-11-13-7-3-1-4-8-13)18(24)20(17(15)23)26-12-14-9-5-2-6-10-14/h1-10,15-17,19-23H,11-12H2/t15?,16-,17-,19-,20+/m0/s1. The Morgan fingerprint density at radius 2 is 1.04 bits per heavy atom. The number of hydrogen-bond acceptors (Lipinski definition) is 6. The summed E-state index contributed by atoms with van der Waals surface area (Å²) < 4.78 is 11.1. The summed E-state index contributed by atoms with van der Waals surface area (Å²) in [4.78, 5) is 12.7. The van der Waals surface area contributed by atoms with Crippen LogP contribution in [0, 0.1) is 0 Å². The minimum Gasteiger partial charge on any atom is -0.387 e. The fourth-order valence-corrected chi connectivity index (χ4v) is 2.94. The van der Waals surface area contributed by atoms with E-state index < -0.39 is 36.3 Å². The number of carbonyl (C=O) groups excluding carboxylic acids is 1. The molecule has 3 N–H and O–H groups in total. The van der Waals surface area contributed by atoms with Crippen molar-refractivity contribution in [3.63, 3.8) is 0 Å². The molecule has 138 valence electrons. The molecule has 1 aliphatic carbocycles. The molecule has 1 unspecified atom stereocenters. The highest BCUT2D eigenvalue weighted by atomic mass is 16.5. The highest BCUT2D eigenvalue weighted by Gasteiger charge is 2.50. The van der Waals surface area contributed by atoms with Crippen molar-refractivity contribution in [3.8, 4) is 0 Å². The number of benzene rings is 2. The normalized spacial score (nSPS) is 28.9. The Hall–Kier alpha value is -2.09. The van der Waals surface area contributed by atoms with Crippen molar-refractivity contribution < 1.29 is 29.6 Å². The molecule has 1 aliphatic rings. The van der Waals surface area contributed by atoms with Gasteiger partial charge in [-0.2, -0.15) is 0 Å². The third-order valence-corrected chi connectivity index (χ3v) is 4.43. The molecule has 26 heavy (non-hydrogen) atoms. The molecule has 3 rings (SSSR count). The summed E-state index contributed by atoms with van der Waals surface area (Å²) in [5.74, 6) is -0.581. The molecule has 2 aromatic carbocycles. The van der Waals surface area contributed by atoms with Crippen molar-refractivity contribution in [2.24, 2.45) is 0 Å². The minimum atomic E-state index is -1.53. The van der Waals surface area contributed by atoms with Gasteiger partial charge >= 0.3 is 0 Å². The lowest BCUT2D eigenvalue weighted by molar-refractivity contribution is -0.203. The molecule has 0 aliphatic heterocycles. The van der Waals surface area contributed by atoms with Crippen LogP contribution in [0.25, 0.3) is 0 Å². The lowest BCUT2D eigenvalue weighted by Gasteiger charge is -2.38. The highest BCUT2D eigenvalue weighted by Crippen LogP contribution is 2.24. The highest BCUT2D eigenvalue weighted by molar-refractivity contribution is 5.89. The van der Waals surface area contributed by atoms with Gasteiger partial charge in [-0.25, -0.2) is 0 Å². The van der Waals surface area contributed by atoms with Crippen LogP contribution in [0.2, 0.25) is 0 Å². The van der Waals surface area contributed by atoms with Crippen molar-refractivity contribution in [1.82, 2.24) is 0 Å². The maximum atomic E-state index is 12.7. The van der Waals surface area contributed by atoms with Gasteiger partial charge in [-0.05, 0) is 11.1 Å². The van der Waals surface area contributed by atoms with Crippen LogP contribution in [-0.4, -0.2) is 51.6 Å². The van der Waals surface area contributed by atoms with Crippen LogP contribution in [-0.2, 0) is 27.5 Å². The molecule has 5 atom stereocenters. The van der Waals surface area contributed by atoms with E-state index in [-0.39, 0.29) is 13.2 Å². The first-order valence-electron chi connectivity index (χ1n) is 8.47. The Morgan fingerprint density at radius 1 is 0.654 bits per heavy atom. The van der Waals surface area contributed by atoms with Crippen LogP contribution < -0.4 is 0 Å². The molecule has 0 spiro atoms. The van der Waals surface area contributed by atoms with E-state index in [9.17, 15) is 20.1 Å². The molecule has 6 nitrogen and oxygen atoms in total. The third kappa shape index (κ3) is 4.17. The molecule has 2 aromatic rings. The number of aliphatic hydroxyl groups is 3. The van der Waals surface area contributed by atoms with E-state index in [1.807, 2.05) is 60.7 Å². The zero-order chi connectivity index (χ0) is 18.5. The molecule has 1 fully saturated rings. The van der Waals surface area contributed by atoms with Crippen molar-refractivity contribution in [2.45, 2.75) is 43.7 Å². The van der Waals surface area contributed by atoms with E-state index in [1.54, 1.807) is 0 Å². The van der Waals surface area contributed by atoms with Gasteiger partial charge in [0.25, 0.3) is 0 Å². The van der Waals surface area contributed by atoms with Gasteiger partial charge in [-0.3, -0.25) is 4.79 Å². The number of ketones is 1. The Kier molecular flexibility index (Phi) is 6.13. The third-order valence-electron chi connectivity index (χ3n) is 4.43. The Labute approximate surface area is 151 Å². The summed E-state index contributed by atoms with van der Waals surface area (Å²) in [5, 5.41) is 30.4. The predicted molar refractivity (Wildman–Crippen MR) is 93.1 cm³/mol. The summed E-state index contributed by atoms with van der Waals surface area (Å²) in [6.07, 6.45) is -7.10. The van der Waals surface area contributed by atoms with Gasteiger partial charge in [0.05, 0.1) is 13.2 Å². The molecule has 0 saturated heterocycles. The molecule has 0 bridgehead atoms. The van der Waals surface area contributed by atoms with E-state index in [1.165, 1.54) is 0 Å². The molecular formula is C20H22O6. The number of rotatable bonds is 6. The average Bonchev–Trinajstić information content (AvgIpc) is 2.68. The van der Waals surface area contributed by atoms with Gasteiger partial charge in [0.2, 0.25) is 0 Å². The van der Waals surface area contributed by atoms with E-state index >= 15 is 0 Å². The Bertz CT molecular complexity index is 645. The lowest BCUT2D eigenvalue weighted by atomic mass is 9.86. The monoisotopic (exact) mass is 358 g/mol. The Balaban J connectivity index is 1.67. The smallest absolute Gasteiger partial charge is 0.195 e. The lowest BCUT2D eigenvalue weighted by Crippen LogP contribution is -2.62. The van der Waals surface area contributed by atoms with Crippen LogP contribution in [0.5, 0.6) is 0 Å². The molecule has 0 aromatic heterocycles. The van der Waals surface area contributed by atoms with Gasteiger partial charge in [0.1, 0.15) is 30.5 Å². The van der Waals surface area contributed by atoms with Gasteiger partial charge in [0.15, 0.2) is 5.78 Å². The fourth-order valence-electron chi connectivity index (χ4n) is 2.94. The fraction of sp³-hybridized carbons (Fsp3) is 0.350. The number of aliphatic hydroxyl groups excluding tert-OH is 3. The van der Waals surface area contributed by atoms with Gasteiger partial charge in [-0.1, -0.05) is 60.7 Å². The molecule has 0 amide bonds. The first-order chi connectivity index (χ1) is 12.6. The summed E-state index contributed by atoms with van der Waals surface area (Å²) in [6, 6.07) is 18.4. The summed E-state index contributed by atoms with van der Waals surface area (Å²) in [6.45, 7) is 0.199. The van der Waals surface area contributed by atoms with Crippen LogP contribution >= 0.6 is 0 Å². The average molecular weight is 358 g/mol. The van der Waals surface area contributed by atoms with Crippen LogP contribution in [0.3, 0.4) is 0 Å². The van der Waals surface area contributed by atoms with Gasteiger partial charge in [0, 0.05) is 0 Å². The van der Waals surface area contributed by atoms with E-state index in [2.05, 4.69) is 0 Å². The molecule has 1 saturated carbocycles. The van der Waals surface area contributed by atoms with Crippen molar-refractivity contribution in [1.29, 1.82) is 0 Å². The van der Waals surface area contributed by atoms with Crippen molar-refractivity contribution in [3.05, 3.63) is 71.8 Å². The maximum Gasteiger partial charge on any atom is 0.195 e. The predicted octanol–water partition coefficient (Wildman–Crippen LogP) is 0.823. The quantitative estimate of drug-likeness (QED) is 0.708. The van der Waals surface area contributed by atoms with E-state index in [4.69, 9.17) is 9.47 Å². The first-order valence-corrected chi connectivity index (χ1v) is 8.47. The van der Waals surface area contributed by atoms with Crippen LogP contribution in [0.4, 0.5) is 0 Å². The molecule has 0 heterocycles. The van der Waals surface area contributed by atoms with Crippen LogP contribution in [0.15, 0.2) is 60.7 Å². The zero-order valence-corrected chi connectivity index (χ0v) is 14.1. The number of Topliss-reactive ketones (excluding diaryl/α,β-unsaturated/α-hetero) is 1. The summed E-state index contributed by atoms with van der Waals surface area (Å²) in [7, 11) is 0. The van der Waals surface area contributed by atoms with E-state index in [0.717, 1.165) is 11.1 Å².